The number of carbonyl (C=O) groups is 2. The van der Waals surface area contributed by atoms with Crippen LogP contribution in [0.4, 0.5) is 39.0 Å². The highest BCUT2D eigenvalue weighted by Gasteiger charge is 2.36. The second kappa shape index (κ2) is 11.3. The summed E-state index contributed by atoms with van der Waals surface area (Å²) >= 11 is 0. The van der Waals surface area contributed by atoms with Crippen molar-refractivity contribution >= 4 is 28.9 Å². The highest BCUT2D eigenvalue weighted by Crippen LogP contribution is 2.39. The van der Waals surface area contributed by atoms with Gasteiger partial charge in [-0.1, -0.05) is 12.1 Å². The fraction of sp³-hybridized carbons (Fsp3) is 0.219. The molecule has 44 heavy (non-hydrogen) atoms. The summed E-state index contributed by atoms with van der Waals surface area (Å²) in [7, 11) is 0. The Balaban J connectivity index is 1.34. The quantitative estimate of drug-likeness (QED) is 0.262. The molecule has 0 radical (unpaired) electrons. The molecule has 0 saturated carbocycles. The Morgan fingerprint density at radius 2 is 1.52 bits per heavy atom. The van der Waals surface area contributed by atoms with Gasteiger partial charge in [0.1, 0.15) is 0 Å². The first-order valence-electron chi connectivity index (χ1n) is 13.8. The zero-order valence-corrected chi connectivity index (χ0v) is 23.0. The summed E-state index contributed by atoms with van der Waals surface area (Å²) in [5.41, 5.74) is 0.393. The Morgan fingerprint density at radius 3 is 2.30 bits per heavy atom. The fourth-order valence-corrected chi connectivity index (χ4v) is 5.95. The molecule has 4 aromatic rings. The smallest absolute Gasteiger partial charge is 0.369 e. The zero-order valence-electron chi connectivity index (χ0n) is 23.0. The molecule has 1 saturated heterocycles. The highest BCUT2D eigenvalue weighted by atomic mass is 19.4. The Morgan fingerprint density at radius 1 is 0.773 bits per heavy atom. The SMILES string of the molecule is O=C(Nc1ccc(F)c(F)c1)c1ccc(N2CC3CC(C2)c2cccc(=O)n2C3)c(NC(=O)c2cccc(C(F)(F)F)c2)c1. The van der Waals surface area contributed by atoms with Gasteiger partial charge in [-0.15, -0.1) is 0 Å². The second-order valence-electron chi connectivity index (χ2n) is 11.0. The number of amides is 2. The van der Waals surface area contributed by atoms with E-state index in [4.69, 9.17) is 0 Å². The molecular formula is C32H25F5N4O3. The largest absolute Gasteiger partial charge is 0.416 e. The second-order valence-corrected chi connectivity index (χ2v) is 11.0. The first-order valence-corrected chi connectivity index (χ1v) is 13.8. The van der Waals surface area contributed by atoms with Crippen LogP contribution in [-0.4, -0.2) is 29.5 Å². The number of pyridine rings is 1. The number of benzene rings is 3. The van der Waals surface area contributed by atoms with E-state index in [-0.39, 0.29) is 39.9 Å². The average Bonchev–Trinajstić information content (AvgIpc) is 2.99. The van der Waals surface area contributed by atoms with Crippen molar-refractivity contribution in [2.45, 2.75) is 25.1 Å². The summed E-state index contributed by atoms with van der Waals surface area (Å²) in [4.78, 5) is 40.8. The summed E-state index contributed by atoms with van der Waals surface area (Å²) in [6.07, 6.45) is -3.79. The van der Waals surface area contributed by atoms with Crippen molar-refractivity contribution in [2.24, 2.45) is 5.92 Å². The number of fused-ring (bicyclic) bond motifs is 4. The van der Waals surface area contributed by atoms with Crippen molar-refractivity contribution in [3.8, 4) is 0 Å². The van der Waals surface area contributed by atoms with Gasteiger partial charge in [-0.05, 0) is 66.9 Å². The number of carbonyl (C=O) groups excluding carboxylic acids is 2. The third kappa shape index (κ3) is 5.79. The molecule has 12 heteroatoms. The van der Waals surface area contributed by atoms with Crippen LogP contribution in [0.3, 0.4) is 0 Å². The molecular weight excluding hydrogens is 583 g/mol. The van der Waals surface area contributed by atoms with Gasteiger partial charge in [-0.3, -0.25) is 14.4 Å². The van der Waals surface area contributed by atoms with Crippen LogP contribution in [0.25, 0.3) is 0 Å². The molecule has 0 spiro atoms. The Labute approximate surface area is 247 Å². The molecule has 2 bridgehead atoms. The lowest BCUT2D eigenvalue weighted by Crippen LogP contribution is -2.47. The molecule has 226 valence electrons. The molecule has 3 heterocycles. The lowest BCUT2D eigenvalue weighted by molar-refractivity contribution is -0.137. The summed E-state index contributed by atoms with van der Waals surface area (Å²) < 4.78 is 68.8. The van der Waals surface area contributed by atoms with E-state index >= 15 is 0 Å². The number of alkyl halides is 3. The molecule has 2 N–H and O–H groups in total. The Hall–Kier alpha value is -5.00. The van der Waals surface area contributed by atoms with E-state index in [0.29, 0.717) is 25.3 Å². The number of nitrogens with zero attached hydrogens (tertiary/aromatic N) is 2. The van der Waals surface area contributed by atoms with Gasteiger partial charge in [0.15, 0.2) is 11.6 Å². The molecule has 1 aromatic heterocycles. The predicted octanol–water partition coefficient (Wildman–Crippen LogP) is 6.27. The van der Waals surface area contributed by atoms with Gasteiger partial charge in [0.05, 0.1) is 16.9 Å². The van der Waals surface area contributed by atoms with Crippen LogP contribution in [0.5, 0.6) is 0 Å². The summed E-state index contributed by atoms with van der Waals surface area (Å²) in [6.45, 7) is 1.54. The van der Waals surface area contributed by atoms with Gasteiger partial charge < -0.3 is 20.1 Å². The number of halogens is 5. The van der Waals surface area contributed by atoms with Crippen LogP contribution in [0, 0.1) is 17.6 Å². The Bertz CT molecular complexity index is 1840. The third-order valence-electron chi connectivity index (χ3n) is 7.96. The van der Waals surface area contributed by atoms with Crippen LogP contribution < -0.4 is 21.1 Å². The number of rotatable bonds is 5. The highest BCUT2D eigenvalue weighted by molar-refractivity contribution is 6.09. The molecule has 3 aromatic carbocycles. The van der Waals surface area contributed by atoms with Crippen LogP contribution in [0.2, 0.25) is 0 Å². The molecule has 2 aliphatic heterocycles. The molecule has 1 fully saturated rings. The minimum atomic E-state index is -4.65. The summed E-state index contributed by atoms with van der Waals surface area (Å²) in [5, 5.41) is 5.16. The minimum Gasteiger partial charge on any atom is -0.369 e. The average molecular weight is 609 g/mol. The number of aromatic nitrogens is 1. The summed E-state index contributed by atoms with van der Waals surface area (Å²) in [6, 6.07) is 16.6. The van der Waals surface area contributed by atoms with Crippen LogP contribution in [0.15, 0.2) is 83.7 Å². The molecule has 7 nitrogen and oxygen atoms in total. The van der Waals surface area contributed by atoms with Gasteiger partial charge in [0, 0.05) is 60.2 Å². The maximum atomic E-state index is 13.7. The first kappa shape index (κ1) is 29.1. The molecule has 2 unspecified atom stereocenters. The minimum absolute atomic E-state index is 0.00490. The maximum absolute atomic E-state index is 13.7. The maximum Gasteiger partial charge on any atom is 0.416 e. The van der Waals surface area contributed by atoms with Crippen LogP contribution in [-0.2, 0) is 12.7 Å². The molecule has 6 rings (SSSR count). The Kier molecular flexibility index (Phi) is 7.44. The molecule has 2 aliphatic rings. The van der Waals surface area contributed by atoms with E-state index in [1.165, 1.54) is 30.3 Å². The van der Waals surface area contributed by atoms with Gasteiger partial charge in [0.25, 0.3) is 17.4 Å². The fourth-order valence-electron chi connectivity index (χ4n) is 5.95. The number of piperidine rings is 1. The van der Waals surface area contributed by atoms with Crippen molar-refractivity contribution < 1.29 is 31.5 Å². The number of nitrogens with one attached hydrogen (secondary N) is 2. The first-order chi connectivity index (χ1) is 21.0. The topological polar surface area (TPSA) is 83.4 Å². The number of hydrogen-bond acceptors (Lipinski definition) is 4. The monoisotopic (exact) mass is 608 g/mol. The van der Waals surface area contributed by atoms with Crippen molar-refractivity contribution in [2.75, 3.05) is 28.6 Å². The normalized spacial score (nSPS) is 17.5. The van der Waals surface area contributed by atoms with Crippen molar-refractivity contribution in [3.63, 3.8) is 0 Å². The molecule has 0 aliphatic carbocycles. The van der Waals surface area contributed by atoms with Gasteiger partial charge in [0.2, 0.25) is 0 Å². The third-order valence-corrected chi connectivity index (χ3v) is 7.96. The van der Waals surface area contributed by atoms with Crippen molar-refractivity contribution in [1.82, 2.24) is 4.57 Å². The van der Waals surface area contributed by atoms with E-state index in [1.807, 2.05) is 11.0 Å². The van der Waals surface area contributed by atoms with Gasteiger partial charge >= 0.3 is 6.18 Å². The standard InChI is InChI=1S/C32H25F5N4O3/c33-24-9-8-23(14-25(24)34)38-30(43)20-7-10-28(26(13-20)39-31(44)19-3-1-4-22(12-19)32(35,36)37)40-15-18-11-21(17-40)27-5-2-6-29(42)41(27)16-18/h1-10,12-14,18,21H,11,15-17H2,(H,38,43)(H,39,44). The van der Waals surface area contributed by atoms with E-state index in [0.717, 1.165) is 42.4 Å². The zero-order chi connectivity index (χ0) is 31.2. The van der Waals surface area contributed by atoms with Gasteiger partial charge in [-0.25, -0.2) is 8.78 Å². The van der Waals surface area contributed by atoms with Crippen molar-refractivity contribution in [3.05, 3.63) is 123 Å². The lowest BCUT2D eigenvalue weighted by atomic mass is 9.83. The molecule has 2 atom stereocenters. The van der Waals surface area contributed by atoms with E-state index in [1.54, 1.807) is 16.7 Å². The van der Waals surface area contributed by atoms with Gasteiger partial charge in [-0.2, -0.15) is 13.2 Å². The van der Waals surface area contributed by atoms with E-state index in [9.17, 15) is 36.3 Å². The lowest BCUT2D eigenvalue weighted by Gasteiger charge is -2.44. The van der Waals surface area contributed by atoms with Crippen molar-refractivity contribution in [1.29, 1.82) is 0 Å². The summed E-state index contributed by atoms with van der Waals surface area (Å²) in [5.74, 6) is -3.59. The number of hydrogen-bond donors (Lipinski definition) is 2. The predicted molar refractivity (Wildman–Crippen MR) is 154 cm³/mol. The van der Waals surface area contributed by atoms with Crippen LogP contribution in [0.1, 0.15) is 44.3 Å². The number of anilines is 3. The van der Waals surface area contributed by atoms with E-state index in [2.05, 4.69) is 10.6 Å². The molecule has 2 amide bonds. The van der Waals surface area contributed by atoms with E-state index < -0.39 is 35.2 Å². The van der Waals surface area contributed by atoms with Crippen LogP contribution >= 0.6 is 0 Å².